The number of hydrogen-bond donors (Lipinski definition) is 0. The molecule has 2 aliphatic rings. The predicted molar refractivity (Wildman–Crippen MR) is 99.2 cm³/mol. The monoisotopic (exact) mass is 373 g/mol. The van der Waals surface area contributed by atoms with Gasteiger partial charge >= 0.3 is 0 Å². The standard InChI is InChI=1S/C20H27N3O4/c1-13-10-17(15(3)23(13)19-11-14(2)27-21-19)18(24)12-22-6-4-16(5-7-22)20-25-8-9-26-20/h10-11,16,20H,4-9,12H2,1-3H3. The van der Waals surface area contributed by atoms with Gasteiger partial charge in [-0.3, -0.25) is 14.3 Å². The van der Waals surface area contributed by atoms with Crippen LogP contribution in [0.5, 0.6) is 0 Å². The molecule has 7 nitrogen and oxygen atoms in total. The highest BCUT2D eigenvalue weighted by atomic mass is 16.7. The van der Waals surface area contributed by atoms with Crippen molar-refractivity contribution in [2.45, 2.75) is 39.9 Å². The second-order valence-electron chi connectivity index (χ2n) is 7.56. The van der Waals surface area contributed by atoms with Gasteiger partial charge in [0.2, 0.25) is 0 Å². The van der Waals surface area contributed by atoms with E-state index >= 15 is 0 Å². The summed E-state index contributed by atoms with van der Waals surface area (Å²) in [5.41, 5.74) is 2.66. The van der Waals surface area contributed by atoms with Crippen LogP contribution in [0.2, 0.25) is 0 Å². The number of carbonyl (C=O) groups is 1. The summed E-state index contributed by atoms with van der Waals surface area (Å²) in [4.78, 5) is 15.2. The molecule has 0 N–H and O–H groups in total. The summed E-state index contributed by atoms with van der Waals surface area (Å²) < 4.78 is 18.4. The lowest BCUT2D eigenvalue weighted by Gasteiger charge is -2.33. The van der Waals surface area contributed by atoms with Crippen LogP contribution in [0.25, 0.3) is 5.82 Å². The SMILES string of the molecule is Cc1cc(-n2c(C)cc(C(=O)CN3CCC(C4OCCO4)CC3)c2C)no1. The van der Waals surface area contributed by atoms with Gasteiger partial charge in [-0.25, -0.2) is 0 Å². The number of ether oxygens (including phenoxy) is 2. The number of aromatic nitrogens is 2. The van der Waals surface area contributed by atoms with Gasteiger partial charge in [0.05, 0.1) is 19.8 Å². The first kappa shape index (κ1) is 18.4. The third kappa shape index (κ3) is 3.72. The number of rotatable bonds is 5. The Morgan fingerprint density at radius 3 is 2.48 bits per heavy atom. The topological polar surface area (TPSA) is 69.7 Å². The van der Waals surface area contributed by atoms with E-state index in [1.165, 1.54) is 0 Å². The summed E-state index contributed by atoms with van der Waals surface area (Å²) in [7, 11) is 0. The molecule has 4 heterocycles. The van der Waals surface area contributed by atoms with Gasteiger partial charge in [-0.15, -0.1) is 0 Å². The van der Waals surface area contributed by atoms with E-state index < -0.39 is 0 Å². The highest BCUT2D eigenvalue weighted by Crippen LogP contribution is 2.26. The van der Waals surface area contributed by atoms with Crippen molar-refractivity contribution in [3.05, 3.63) is 34.8 Å². The van der Waals surface area contributed by atoms with Crippen molar-refractivity contribution in [2.24, 2.45) is 5.92 Å². The number of carbonyl (C=O) groups excluding carboxylic acids is 1. The number of likely N-dealkylation sites (tertiary alicyclic amines) is 1. The molecule has 4 rings (SSSR count). The molecule has 2 aromatic heterocycles. The van der Waals surface area contributed by atoms with Gasteiger partial charge in [0, 0.05) is 28.9 Å². The lowest BCUT2D eigenvalue weighted by atomic mass is 9.96. The van der Waals surface area contributed by atoms with Gasteiger partial charge in [-0.1, -0.05) is 5.16 Å². The molecule has 2 fully saturated rings. The molecule has 0 spiro atoms. The number of ketones is 1. The van der Waals surface area contributed by atoms with Gasteiger partial charge < -0.3 is 14.0 Å². The van der Waals surface area contributed by atoms with Gasteiger partial charge in [0.25, 0.3) is 0 Å². The smallest absolute Gasteiger partial charge is 0.180 e. The van der Waals surface area contributed by atoms with Crippen LogP contribution in [-0.2, 0) is 9.47 Å². The lowest BCUT2D eigenvalue weighted by molar-refractivity contribution is -0.0968. The summed E-state index contributed by atoms with van der Waals surface area (Å²) in [6.07, 6.45) is 1.97. The van der Waals surface area contributed by atoms with Crippen molar-refractivity contribution < 1.29 is 18.8 Å². The zero-order valence-electron chi connectivity index (χ0n) is 16.2. The predicted octanol–water partition coefficient (Wildman–Crippen LogP) is 2.66. The molecule has 0 radical (unpaired) electrons. The molecule has 0 saturated carbocycles. The molecule has 0 aromatic carbocycles. The van der Waals surface area contributed by atoms with Crippen LogP contribution in [0.3, 0.4) is 0 Å². The van der Waals surface area contributed by atoms with E-state index in [0.29, 0.717) is 25.7 Å². The molecule has 27 heavy (non-hydrogen) atoms. The average molecular weight is 373 g/mol. The van der Waals surface area contributed by atoms with Crippen molar-refractivity contribution >= 4 is 5.78 Å². The van der Waals surface area contributed by atoms with Gasteiger partial charge in [-0.2, -0.15) is 0 Å². The largest absolute Gasteiger partial charge is 0.360 e. The zero-order valence-corrected chi connectivity index (χ0v) is 16.2. The summed E-state index contributed by atoms with van der Waals surface area (Å²) in [5.74, 6) is 2.07. The second-order valence-corrected chi connectivity index (χ2v) is 7.56. The summed E-state index contributed by atoms with van der Waals surface area (Å²) in [5, 5.41) is 4.08. The van der Waals surface area contributed by atoms with Crippen molar-refractivity contribution in [2.75, 3.05) is 32.8 Å². The Morgan fingerprint density at radius 2 is 1.85 bits per heavy atom. The molecule has 2 aliphatic heterocycles. The van der Waals surface area contributed by atoms with Crippen LogP contribution < -0.4 is 0 Å². The first-order chi connectivity index (χ1) is 13.0. The average Bonchev–Trinajstić information content (AvgIpc) is 3.37. The van der Waals surface area contributed by atoms with Crippen LogP contribution in [0.1, 0.15) is 40.3 Å². The molecular weight excluding hydrogens is 346 g/mol. The van der Waals surface area contributed by atoms with Crippen LogP contribution in [-0.4, -0.2) is 59.5 Å². The molecule has 2 saturated heterocycles. The fourth-order valence-electron chi connectivity index (χ4n) is 4.18. The number of aryl methyl sites for hydroxylation is 2. The van der Waals surface area contributed by atoms with Crippen molar-refractivity contribution in [3.63, 3.8) is 0 Å². The third-order valence-electron chi connectivity index (χ3n) is 5.61. The number of Topliss-reactive ketones (excluding diaryl/α,β-unsaturated/α-hetero) is 1. The van der Waals surface area contributed by atoms with E-state index in [4.69, 9.17) is 14.0 Å². The molecular formula is C20H27N3O4. The van der Waals surface area contributed by atoms with Gasteiger partial charge in [0.15, 0.2) is 17.9 Å². The second kappa shape index (κ2) is 7.58. The fraction of sp³-hybridized carbons (Fsp3) is 0.600. The molecule has 0 amide bonds. The molecule has 0 atom stereocenters. The van der Waals surface area contributed by atoms with E-state index in [2.05, 4.69) is 10.1 Å². The Bertz CT molecular complexity index is 811. The van der Waals surface area contributed by atoms with E-state index in [0.717, 1.165) is 54.5 Å². The minimum absolute atomic E-state index is 0.0484. The summed E-state index contributed by atoms with van der Waals surface area (Å²) >= 11 is 0. The van der Waals surface area contributed by atoms with Crippen LogP contribution >= 0.6 is 0 Å². The third-order valence-corrected chi connectivity index (χ3v) is 5.61. The Morgan fingerprint density at radius 1 is 1.15 bits per heavy atom. The molecule has 0 unspecified atom stereocenters. The fourth-order valence-corrected chi connectivity index (χ4v) is 4.18. The van der Waals surface area contributed by atoms with E-state index in [9.17, 15) is 4.79 Å². The Kier molecular flexibility index (Phi) is 5.16. The highest BCUT2D eigenvalue weighted by Gasteiger charge is 2.31. The molecule has 0 aliphatic carbocycles. The van der Waals surface area contributed by atoms with Crippen molar-refractivity contribution in [1.29, 1.82) is 0 Å². The number of hydrogen-bond acceptors (Lipinski definition) is 6. The minimum Gasteiger partial charge on any atom is -0.360 e. The normalized spacial score (nSPS) is 19.8. The van der Waals surface area contributed by atoms with E-state index in [1.54, 1.807) is 0 Å². The minimum atomic E-state index is -0.0484. The number of nitrogens with zero attached hydrogens (tertiary/aromatic N) is 3. The van der Waals surface area contributed by atoms with Crippen LogP contribution in [0, 0.1) is 26.7 Å². The number of piperidine rings is 1. The first-order valence-electron chi connectivity index (χ1n) is 9.64. The quantitative estimate of drug-likeness (QED) is 0.751. The lowest BCUT2D eigenvalue weighted by Crippen LogP contribution is -2.40. The van der Waals surface area contributed by atoms with Crippen LogP contribution in [0.4, 0.5) is 0 Å². The van der Waals surface area contributed by atoms with Crippen molar-refractivity contribution in [3.8, 4) is 5.82 Å². The maximum Gasteiger partial charge on any atom is 0.180 e. The summed E-state index contributed by atoms with van der Waals surface area (Å²) in [6, 6.07) is 3.83. The van der Waals surface area contributed by atoms with E-state index in [-0.39, 0.29) is 12.1 Å². The van der Waals surface area contributed by atoms with Gasteiger partial charge in [-0.05, 0) is 52.8 Å². The maximum absolute atomic E-state index is 12.9. The Labute approximate surface area is 159 Å². The first-order valence-corrected chi connectivity index (χ1v) is 9.64. The van der Waals surface area contributed by atoms with Gasteiger partial charge in [0.1, 0.15) is 5.76 Å². The Balaban J connectivity index is 1.40. The molecule has 0 bridgehead atoms. The molecule has 146 valence electrons. The summed E-state index contributed by atoms with van der Waals surface area (Å²) in [6.45, 7) is 9.46. The Hall–Kier alpha value is -1.96. The molecule has 7 heteroatoms. The highest BCUT2D eigenvalue weighted by molar-refractivity contribution is 5.99. The molecule has 2 aromatic rings. The van der Waals surface area contributed by atoms with E-state index in [1.807, 2.05) is 37.5 Å². The maximum atomic E-state index is 12.9. The van der Waals surface area contributed by atoms with Crippen molar-refractivity contribution in [1.82, 2.24) is 14.6 Å². The van der Waals surface area contributed by atoms with Crippen LogP contribution in [0.15, 0.2) is 16.7 Å². The zero-order chi connectivity index (χ0) is 19.0.